The number of hydrogen-bond acceptors (Lipinski definition) is 3. The molecule has 126 valence electrons. The fraction of sp³-hybridized carbons (Fsp3) is 0.0952. The number of carbonyl (C=O) groups excluding carboxylic acids is 2. The summed E-state index contributed by atoms with van der Waals surface area (Å²) in [6.45, 7) is 0. The lowest BCUT2D eigenvalue weighted by atomic mass is 9.99. The molecule has 1 fully saturated rings. The summed E-state index contributed by atoms with van der Waals surface area (Å²) in [6.07, 6.45) is 0.417. The monoisotopic (exact) mass is 341 g/mol. The van der Waals surface area contributed by atoms with E-state index in [2.05, 4.69) is 5.32 Å². The number of amides is 3. The molecule has 1 saturated heterocycles. The Balaban J connectivity index is 1.64. The molecule has 1 heterocycles. The van der Waals surface area contributed by atoms with Crippen LogP contribution in [0.3, 0.4) is 0 Å². The van der Waals surface area contributed by atoms with Crippen LogP contribution in [0, 0.1) is 11.3 Å². The molecular weight excluding hydrogens is 326 g/mol. The second-order valence-corrected chi connectivity index (χ2v) is 6.18. The van der Waals surface area contributed by atoms with Crippen molar-refractivity contribution in [1.29, 1.82) is 5.26 Å². The fourth-order valence-electron chi connectivity index (χ4n) is 3.32. The second-order valence-electron chi connectivity index (χ2n) is 6.18. The molecule has 0 unspecified atom stereocenters. The van der Waals surface area contributed by atoms with Crippen molar-refractivity contribution in [1.82, 2.24) is 5.32 Å². The molecule has 3 aromatic rings. The summed E-state index contributed by atoms with van der Waals surface area (Å²) in [5.74, 6) is -0.307. The van der Waals surface area contributed by atoms with E-state index in [0.717, 1.165) is 21.2 Å². The third kappa shape index (κ3) is 2.68. The fourth-order valence-corrected chi connectivity index (χ4v) is 3.32. The first kappa shape index (κ1) is 15.9. The summed E-state index contributed by atoms with van der Waals surface area (Å²) in [4.78, 5) is 26.3. The summed E-state index contributed by atoms with van der Waals surface area (Å²) in [5.41, 5.74) is 1.82. The van der Waals surface area contributed by atoms with Gasteiger partial charge in [0.15, 0.2) is 0 Å². The van der Waals surface area contributed by atoms with Gasteiger partial charge in [0.05, 0.1) is 17.3 Å². The van der Waals surface area contributed by atoms with Gasteiger partial charge in [0.1, 0.15) is 6.04 Å². The Morgan fingerprint density at radius 1 is 1.00 bits per heavy atom. The van der Waals surface area contributed by atoms with E-state index in [1.54, 1.807) is 18.2 Å². The largest absolute Gasteiger partial charge is 0.329 e. The molecule has 0 aromatic heterocycles. The van der Waals surface area contributed by atoms with E-state index in [4.69, 9.17) is 5.26 Å². The van der Waals surface area contributed by atoms with E-state index < -0.39 is 12.1 Å². The molecule has 1 aliphatic heterocycles. The first-order valence-electron chi connectivity index (χ1n) is 8.28. The Bertz CT molecular complexity index is 1060. The Morgan fingerprint density at radius 3 is 2.62 bits per heavy atom. The zero-order chi connectivity index (χ0) is 18.1. The van der Waals surface area contributed by atoms with Crippen LogP contribution in [-0.4, -0.2) is 18.0 Å². The molecule has 3 amide bonds. The molecule has 0 bridgehead atoms. The third-order valence-corrected chi connectivity index (χ3v) is 4.56. The number of urea groups is 1. The summed E-state index contributed by atoms with van der Waals surface area (Å²) in [6, 6.07) is 21.3. The van der Waals surface area contributed by atoms with Gasteiger partial charge < -0.3 is 5.32 Å². The van der Waals surface area contributed by atoms with E-state index in [0.29, 0.717) is 17.7 Å². The number of imide groups is 1. The van der Waals surface area contributed by atoms with Gasteiger partial charge in [-0.2, -0.15) is 5.26 Å². The van der Waals surface area contributed by atoms with Crippen molar-refractivity contribution in [3.8, 4) is 6.07 Å². The molecule has 4 rings (SSSR count). The highest BCUT2D eigenvalue weighted by molar-refractivity contribution is 6.21. The van der Waals surface area contributed by atoms with Gasteiger partial charge >= 0.3 is 6.03 Å². The van der Waals surface area contributed by atoms with Crippen molar-refractivity contribution in [2.45, 2.75) is 12.5 Å². The average molecular weight is 341 g/mol. The van der Waals surface area contributed by atoms with Gasteiger partial charge in [0.25, 0.3) is 5.91 Å². The standard InChI is InChI=1S/C21H15N3O2/c22-13-14-5-3-9-17(11-14)24-20(25)19(23-21(24)26)12-16-8-4-7-15-6-1-2-10-18(15)16/h1-11,19H,12H2,(H,23,26)/t19-/m1/s1. The predicted octanol–water partition coefficient (Wildman–Crippen LogP) is 3.38. The van der Waals surface area contributed by atoms with Crippen molar-refractivity contribution in [2.75, 3.05) is 4.90 Å². The molecule has 0 spiro atoms. The van der Waals surface area contributed by atoms with Gasteiger partial charge in [-0.3, -0.25) is 4.79 Å². The first-order chi connectivity index (χ1) is 12.7. The van der Waals surface area contributed by atoms with Crippen molar-refractivity contribution in [2.24, 2.45) is 0 Å². The zero-order valence-electron chi connectivity index (χ0n) is 13.8. The maximum Gasteiger partial charge on any atom is 0.329 e. The molecule has 3 aromatic carbocycles. The summed E-state index contributed by atoms with van der Waals surface area (Å²) >= 11 is 0. The molecule has 5 nitrogen and oxygen atoms in total. The van der Waals surface area contributed by atoms with Crippen molar-refractivity contribution in [3.05, 3.63) is 77.9 Å². The highest BCUT2D eigenvalue weighted by Crippen LogP contribution is 2.24. The maximum absolute atomic E-state index is 12.8. The number of nitrogens with one attached hydrogen (secondary N) is 1. The lowest BCUT2D eigenvalue weighted by molar-refractivity contribution is -0.118. The minimum Gasteiger partial charge on any atom is -0.325 e. The number of carbonyl (C=O) groups is 2. The minimum atomic E-state index is -0.626. The van der Waals surface area contributed by atoms with E-state index >= 15 is 0 Å². The number of nitrogens with zero attached hydrogens (tertiary/aromatic N) is 2. The normalized spacial score (nSPS) is 16.6. The van der Waals surface area contributed by atoms with E-state index in [1.807, 2.05) is 48.5 Å². The number of fused-ring (bicyclic) bond motifs is 1. The average Bonchev–Trinajstić information content (AvgIpc) is 2.95. The van der Waals surface area contributed by atoms with Gasteiger partial charge in [0.2, 0.25) is 0 Å². The molecular formula is C21H15N3O2. The van der Waals surface area contributed by atoms with Gasteiger partial charge in [0, 0.05) is 6.42 Å². The summed E-state index contributed by atoms with van der Waals surface area (Å²) in [5, 5.41) is 14.0. The number of hydrogen-bond donors (Lipinski definition) is 1. The van der Waals surface area contributed by atoms with Crippen LogP contribution in [0.2, 0.25) is 0 Å². The molecule has 5 heteroatoms. The van der Waals surface area contributed by atoms with Gasteiger partial charge in [-0.1, -0.05) is 48.5 Å². The van der Waals surface area contributed by atoms with Gasteiger partial charge in [-0.05, 0) is 34.5 Å². The van der Waals surface area contributed by atoms with Crippen molar-refractivity contribution >= 4 is 28.4 Å². The Labute approximate surface area is 150 Å². The van der Waals surface area contributed by atoms with Crippen LogP contribution in [-0.2, 0) is 11.2 Å². The third-order valence-electron chi connectivity index (χ3n) is 4.56. The number of rotatable bonds is 3. The van der Waals surface area contributed by atoms with Crippen LogP contribution in [0.1, 0.15) is 11.1 Å². The van der Waals surface area contributed by atoms with Crippen molar-refractivity contribution in [3.63, 3.8) is 0 Å². The van der Waals surface area contributed by atoms with Crippen LogP contribution in [0.4, 0.5) is 10.5 Å². The Kier molecular flexibility index (Phi) is 3.86. The Hall–Kier alpha value is -3.65. The zero-order valence-corrected chi connectivity index (χ0v) is 13.8. The number of anilines is 1. The topological polar surface area (TPSA) is 73.2 Å². The SMILES string of the molecule is N#Cc1cccc(N2C(=O)N[C@H](Cc3cccc4ccccc34)C2=O)c1. The van der Waals surface area contributed by atoms with Crippen LogP contribution in [0.5, 0.6) is 0 Å². The molecule has 0 radical (unpaired) electrons. The van der Waals surface area contributed by atoms with Crippen LogP contribution in [0.25, 0.3) is 10.8 Å². The summed E-state index contributed by atoms with van der Waals surface area (Å²) in [7, 11) is 0. The summed E-state index contributed by atoms with van der Waals surface area (Å²) < 4.78 is 0. The van der Waals surface area contributed by atoms with Gasteiger partial charge in [-0.15, -0.1) is 0 Å². The van der Waals surface area contributed by atoms with E-state index in [-0.39, 0.29) is 5.91 Å². The first-order valence-corrected chi connectivity index (χ1v) is 8.28. The molecule has 1 N–H and O–H groups in total. The molecule has 0 saturated carbocycles. The minimum absolute atomic E-state index is 0.307. The highest BCUT2D eigenvalue weighted by atomic mass is 16.2. The smallest absolute Gasteiger partial charge is 0.325 e. The lowest BCUT2D eigenvalue weighted by Crippen LogP contribution is -2.32. The molecule has 1 atom stereocenters. The van der Waals surface area contributed by atoms with Crippen LogP contribution >= 0.6 is 0 Å². The molecule has 26 heavy (non-hydrogen) atoms. The Morgan fingerprint density at radius 2 is 1.77 bits per heavy atom. The molecule has 1 aliphatic rings. The van der Waals surface area contributed by atoms with E-state index in [1.165, 1.54) is 6.07 Å². The number of nitriles is 1. The van der Waals surface area contributed by atoms with Gasteiger partial charge in [-0.25, -0.2) is 9.69 Å². The maximum atomic E-state index is 12.8. The highest BCUT2D eigenvalue weighted by Gasteiger charge is 2.39. The van der Waals surface area contributed by atoms with Crippen LogP contribution < -0.4 is 10.2 Å². The molecule has 0 aliphatic carbocycles. The quantitative estimate of drug-likeness (QED) is 0.742. The lowest BCUT2D eigenvalue weighted by Gasteiger charge is -2.14. The predicted molar refractivity (Wildman–Crippen MR) is 98.6 cm³/mol. The number of benzene rings is 3. The van der Waals surface area contributed by atoms with Crippen molar-refractivity contribution < 1.29 is 9.59 Å². The van der Waals surface area contributed by atoms with Crippen LogP contribution in [0.15, 0.2) is 66.7 Å². The van der Waals surface area contributed by atoms with E-state index in [9.17, 15) is 9.59 Å². The second kappa shape index (κ2) is 6.34.